The van der Waals surface area contributed by atoms with Crippen LogP contribution in [0.1, 0.15) is 56.5 Å². The highest BCUT2D eigenvalue weighted by Gasteiger charge is 2.33. The molecule has 11 nitrogen and oxygen atoms in total. The van der Waals surface area contributed by atoms with Gasteiger partial charge in [-0.25, -0.2) is 19.7 Å². The first-order valence-electron chi connectivity index (χ1n) is 14.4. The van der Waals surface area contributed by atoms with Gasteiger partial charge in [0.15, 0.2) is 16.6 Å². The quantitative estimate of drug-likeness (QED) is 0.250. The Kier molecular flexibility index (Phi) is 9.00. The molecule has 3 aromatic heterocycles. The number of nitrogens with zero attached hydrogens (tertiary/aromatic N) is 4. The fraction of sp³-hybridized carbons (Fsp3) is 0.312. The van der Waals surface area contributed by atoms with Crippen molar-refractivity contribution in [3.05, 3.63) is 84.1 Å². The molecule has 12 heteroatoms. The normalized spacial score (nSPS) is 16.6. The number of amides is 1. The molecule has 44 heavy (non-hydrogen) atoms. The second-order valence-corrected chi connectivity index (χ2v) is 12.7. The highest BCUT2D eigenvalue weighted by atomic mass is 32.2. The van der Waals surface area contributed by atoms with Gasteiger partial charge in [0.25, 0.3) is 15.9 Å². The maximum absolute atomic E-state index is 13.6. The minimum Gasteiger partial charge on any atom is -0.485 e. The highest BCUT2D eigenvalue weighted by Crippen LogP contribution is 2.34. The zero-order valence-corrected chi connectivity index (χ0v) is 25.9. The van der Waals surface area contributed by atoms with E-state index >= 15 is 0 Å². The van der Waals surface area contributed by atoms with E-state index in [-0.39, 0.29) is 41.9 Å². The van der Waals surface area contributed by atoms with E-state index in [1.165, 1.54) is 12.1 Å². The van der Waals surface area contributed by atoms with E-state index in [0.717, 1.165) is 24.0 Å². The van der Waals surface area contributed by atoms with Gasteiger partial charge in [0.2, 0.25) is 5.88 Å². The molecular weight excluding hydrogens is 580 g/mol. The number of anilines is 2. The number of aromatic nitrogens is 3. The fourth-order valence-corrected chi connectivity index (χ4v) is 6.04. The van der Waals surface area contributed by atoms with Crippen LogP contribution in [0.2, 0.25) is 0 Å². The Morgan fingerprint density at radius 3 is 2.36 bits per heavy atom. The van der Waals surface area contributed by atoms with Gasteiger partial charge in [-0.15, -0.1) is 0 Å². The summed E-state index contributed by atoms with van der Waals surface area (Å²) in [5.74, 6) is 0.191. The number of sulfonamides is 1. The van der Waals surface area contributed by atoms with Gasteiger partial charge in [0.05, 0.1) is 17.4 Å². The second-order valence-electron chi connectivity index (χ2n) is 11.0. The van der Waals surface area contributed by atoms with Crippen LogP contribution < -0.4 is 24.8 Å². The molecule has 0 unspecified atom stereocenters. The Morgan fingerprint density at radius 2 is 1.73 bits per heavy atom. The van der Waals surface area contributed by atoms with Crippen molar-refractivity contribution >= 4 is 27.6 Å². The number of carbonyl (C=O) groups excluding carboxylic acids is 1. The molecule has 0 radical (unpaired) electrons. The van der Waals surface area contributed by atoms with Gasteiger partial charge in [0.1, 0.15) is 12.4 Å². The van der Waals surface area contributed by atoms with Gasteiger partial charge >= 0.3 is 0 Å². The first-order chi connectivity index (χ1) is 21.0. The number of nitrogen functional groups attached to an aromatic ring is 1. The zero-order valence-electron chi connectivity index (χ0n) is 25.1. The molecule has 2 atom stereocenters. The molecule has 0 aliphatic carbocycles. The van der Waals surface area contributed by atoms with E-state index in [9.17, 15) is 13.2 Å². The Labute approximate surface area is 257 Å². The topological polar surface area (TPSA) is 150 Å². The van der Waals surface area contributed by atoms with Crippen molar-refractivity contribution in [1.82, 2.24) is 19.7 Å². The molecule has 1 aliphatic heterocycles. The smallest absolute Gasteiger partial charge is 0.281 e. The summed E-state index contributed by atoms with van der Waals surface area (Å²) in [6, 6.07) is 19.2. The van der Waals surface area contributed by atoms with E-state index in [1.54, 1.807) is 24.4 Å². The van der Waals surface area contributed by atoms with Gasteiger partial charge in [-0.05, 0) is 76.4 Å². The fourth-order valence-electron chi connectivity index (χ4n) is 5.12. The van der Waals surface area contributed by atoms with Crippen LogP contribution in [0.4, 0.5) is 11.6 Å². The molecule has 0 bridgehead atoms. The van der Waals surface area contributed by atoms with Gasteiger partial charge in [0, 0.05) is 29.9 Å². The molecule has 5 rings (SSSR count). The number of ether oxygens (including phenoxy) is 2. The van der Waals surface area contributed by atoms with E-state index in [1.807, 2.05) is 50.2 Å². The molecule has 1 fully saturated rings. The van der Waals surface area contributed by atoms with Gasteiger partial charge < -0.3 is 20.1 Å². The van der Waals surface area contributed by atoms with Gasteiger partial charge in [-0.1, -0.05) is 30.3 Å². The van der Waals surface area contributed by atoms with Crippen molar-refractivity contribution < 1.29 is 22.7 Å². The van der Waals surface area contributed by atoms with E-state index in [2.05, 4.69) is 33.4 Å². The maximum Gasteiger partial charge on any atom is 0.281 e. The molecule has 1 aromatic carbocycles. The second kappa shape index (κ2) is 12.9. The van der Waals surface area contributed by atoms with Crippen LogP contribution >= 0.6 is 0 Å². The predicted molar refractivity (Wildman–Crippen MR) is 168 cm³/mol. The van der Waals surface area contributed by atoms with Crippen molar-refractivity contribution in [2.24, 2.45) is 0 Å². The lowest BCUT2D eigenvalue weighted by atomic mass is 10.1. The standard InChI is InChI=1S/C32H36N6O5S/c1-20(2)43-28-16-12-24(18-34-28)26-14-13-25(31(35-26)38-21(3)10-11-22(38)4)32(39)37-44(40,41)29-17-15-27(30(33)36-29)42-19-23-8-6-5-7-9-23/h5-9,12-18,20-22H,10-11,19H2,1-4H3,(H2,33,36)(H,37,39)/t21-,22+. The lowest BCUT2D eigenvalue weighted by Gasteiger charge is -2.29. The van der Waals surface area contributed by atoms with Crippen LogP contribution in [0.25, 0.3) is 11.3 Å². The van der Waals surface area contributed by atoms with Crippen molar-refractivity contribution in [3.8, 4) is 22.9 Å². The number of nitrogens with two attached hydrogens (primary N) is 1. The van der Waals surface area contributed by atoms with Crippen LogP contribution in [0.15, 0.2) is 78.0 Å². The van der Waals surface area contributed by atoms with Crippen molar-refractivity contribution in [2.75, 3.05) is 10.6 Å². The van der Waals surface area contributed by atoms with Crippen molar-refractivity contribution in [2.45, 2.75) is 70.4 Å². The zero-order chi connectivity index (χ0) is 31.4. The largest absolute Gasteiger partial charge is 0.485 e. The highest BCUT2D eigenvalue weighted by molar-refractivity contribution is 7.90. The minimum absolute atomic E-state index is 0.0113. The van der Waals surface area contributed by atoms with E-state index in [0.29, 0.717) is 17.4 Å². The number of hydrogen-bond acceptors (Lipinski definition) is 10. The lowest BCUT2D eigenvalue weighted by Crippen LogP contribution is -2.37. The molecule has 1 saturated heterocycles. The van der Waals surface area contributed by atoms with Crippen molar-refractivity contribution in [1.29, 1.82) is 0 Å². The number of nitrogens with one attached hydrogen (secondary N) is 1. The SMILES string of the molecule is CC(C)Oc1ccc(-c2ccc(C(=O)NS(=O)(=O)c3ccc(OCc4ccccc4)c(N)n3)c(N3[C@H](C)CC[C@@H]3C)n2)cn1. The van der Waals surface area contributed by atoms with E-state index in [4.69, 9.17) is 20.2 Å². The summed E-state index contributed by atoms with van der Waals surface area (Å²) in [5, 5.41) is -0.403. The lowest BCUT2D eigenvalue weighted by molar-refractivity contribution is 0.0981. The average molecular weight is 617 g/mol. The molecule has 1 amide bonds. The summed E-state index contributed by atoms with van der Waals surface area (Å²) in [5.41, 5.74) is 8.39. The summed E-state index contributed by atoms with van der Waals surface area (Å²) in [6.07, 6.45) is 3.48. The number of hydrogen-bond donors (Lipinski definition) is 2. The van der Waals surface area contributed by atoms with Gasteiger partial charge in [-0.3, -0.25) is 4.79 Å². The summed E-state index contributed by atoms with van der Waals surface area (Å²) in [7, 11) is -4.37. The predicted octanol–water partition coefficient (Wildman–Crippen LogP) is 4.98. The van der Waals surface area contributed by atoms with Crippen LogP contribution in [0.5, 0.6) is 11.6 Å². The molecule has 0 spiro atoms. The van der Waals surface area contributed by atoms with Crippen LogP contribution in [0, 0.1) is 0 Å². The number of carbonyl (C=O) groups is 1. The third kappa shape index (κ3) is 6.91. The summed E-state index contributed by atoms with van der Waals surface area (Å²) < 4.78 is 40.1. The first-order valence-corrected chi connectivity index (χ1v) is 15.9. The molecule has 3 N–H and O–H groups in total. The Morgan fingerprint density at radius 1 is 1.00 bits per heavy atom. The minimum atomic E-state index is -4.37. The third-order valence-electron chi connectivity index (χ3n) is 7.30. The maximum atomic E-state index is 13.6. The Hall–Kier alpha value is -4.71. The monoisotopic (exact) mass is 616 g/mol. The van der Waals surface area contributed by atoms with Crippen molar-refractivity contribution in [3.63, 3.8) is 0 Å². The van der Waals surface area contributed by atoms with Gasteiger partial charge in [-0.2, -0.15) is 8.42 Å². The average Bonchev–Trinajstić information content (AvgIpc) is 3.33. The molecular formula is C32H36N6O5S. The number of rotatable bonds is 10. The molecule has 230 valence electrons. The Balaban J connectivity index is 1.40. The molecule has 4 heterocycles. The first kappa shape index (κ1) is 30.7. The summed E-state index contributed by atoms with van der Waals surface area (Å²) >= 11 is 0. The number of benzene rings is 1. The third-order valence-corrected chi connectivity index (χ3v) is 8.54. The summed E-state index contributed by atoms with van der Waals surface area (Å²) in [4.78, 5) is 28.9. The van der Waals surface area contributed by atoms with Crippen LogP contribution in [-0.4, -0.2) is 47.5 Å². The van der Waals surface area contributed by atoms with E-state index < -0.39 is 21.0 Å². The summed E-state index contributed by atoms with van der Waals surface area (Å²) in [6.45, 7) is 8.20. The molecule has 4 aromatic rings. The number of pyridine rings is 3. The molecule has 0 saturated carbocycles. The molecule has 1 aliphatic rings. The van der Waals surface area contributed by atoms with Crippen LogP contribution in [-0.2, 0) is 16.6 Å². The van der Waals surface area contributed by atoms with Crippen LogP contribution in [0.3, 0.4) is 0 Å². The Bertz CT molecular complexity index is 1720.